The molecule has 6 nitrogen and oxygen atoms in total. The second kappa shape index (κ2) is 8.80. The zero-order valence-corrected chi connectivity index (χ0v) is 14.2. The molecule has 2 amide bonds. The second-order valence-electron chi connectivity index (χ2n) is 5.52. The van der Waals surface area contributed by atoms with E-state index in [9.17, 15) is 18.4 Å². The Kier molecular flexibility index (Phi) is 6.48. The van der Waals surface area contributed by atoms with E-state index in [1.807, 2.05) is 19.9 Å². The van der Waals surface area contributed by atoms with Crippen LogP contribution in [0.3, 0.4) is 0 Å². The van der Waals surface area contributed by atoms with Crippen LogP contribution in [0.25, 0.3) is 0 Å². The number of halogens is 2. The quantitative estimate of drug-likeness (QED) is 0.773. The van der Waals surface area contributed by atoms with Gasteiger partial charge < -0.3 is 9.47 Å². The van der Waals surface area contributed by atoms with Gasteiger partial charge in [-0.3, -0.25) is 20.4 Å². The molecule has 0 unspecified atom stereocenters. The van der Waals surface area contributed by atoms with Crippen molar-refractivity contribution in [2.45, 2.75) is 20.5 Å². The number of rotatable bonds is 6. The lowest BCUT2D eigenvalue weighted by molar-refractivity contribution is -0.123. The van der Waals surface area contributed by atoms with Crippen LogP contribution in [0.2, 0.25) is 0 Å². The van der Waals surface area contributed by atoms with Crippen molar-refractivity contribution < 1.29 is 27.8 Å². The van der Waals surface area contributed by atoms with Gasteiger partial charge in [-0.2, -0.15) is 8.78 Å². The van der Waals surface area contributed by atoms with Gasteiger partial charge in [0, 0.05) is 5.56 Å². The number of ether oxygens (including phenoxy) is 2. The molecule has 2 aromatic carbocycles. The second-order valence-corrected chi connectivity index (χ2v) is 5.52. The molecule has 0 atom stereocenters. The highest BCUT2D eigenvalue weighted by atomic mass is 19.3. The van der Waals surface area contributed by atoms with Crippen LogP contribution in [-0.2, 0) is 4.79 Å². The minimum Gasteiger partial charge on any atom is -0.484 e. The number of alkyl halides is 2. The first-order chi connectivity index (χ1) is 12.3. The number of amides is 2. The van der Waals surface area contributed by atoms with Crippen LogP contribution in [0.5, 0.6) is 11.5 Å². The van der Waals surface area contributed by atoms with E-state index in [2.05, 4.69) is 15.6 Å². The fourth-order valence-corrected chi connectivity index (χ4v) is 2.21. The molecule has 8 heteroatoms. The molecule has 0 saturated heterocycles. The van der Waals surface area contributed by atoms with E-state index in [0.717, 1.165) is 17.2 Å². The molecule has 0 aliphatic rings. The molecule has 2 N–H and O–H groups in total. The smallest absolute Gasteiger partial charge is 0.387 e. The summed E-state index contributed by atoms with van der Waals surface area (Å²) in [5.41, 5.74) is 6.42. The lowest BCUT2D eigenvalue weighted by Gasteiger charge is -2.10. The monoisotopic (exact) mass is 364 g/mol. The minimum atomic E-state index is -2.99. The van der Waals surface area contributed by atoms with Crippen molar-refractivity contribution in [3.05, 3.63) is 59.2 Å². The average Bonchev–Trinajstić information content (AvgIpc) is 2.56. The van der Waals surface area contributed by atoms with Gasteiger partial charge >= 0.3 is 6.61 Å². The minimum absolute atomic E-state index is 0.0543. The lowest BCUT2D eigenvalue weighted by atomic mass is 10.1. The molecule has 2 rings (SSSR count). The summed E-state index contributed by atoms with van der Waals surface area (Å²) in [4.78, 5) is 23.7. The van der Waals surface area contributed by atoms with Crippen LogP contribution >= 0.6 is 0 Å². The molecule has 0 fully saturated rings. The summed E-state index contributed by atoms with van der Waals surface area (Å²) in [7, 11) is 0. The molecular formula is C18H18F2N2O4. The maximum Gasteiger partial charge on any atom is 0.387 e. The third-order valence-corrected chi connectivity index (χ3v) is 3.20. The predicted octanol–water partition coefficient (Wildman–Crippen LogP) is 2.74. The number of hydrogen-bond donors (Lipinski definition) is 2. The summed E-state index contributed by atoms with van der Waals surface area (Å²) >= 11 is 0. The molecule has 26 heavy (non-hydrogen) atoms. The molecule has 138 valence electrons. The molecule has 0 aliphatic heterocycles. The van der Waals surface area contributed by atoms with Gasteiger partial charge in [0.2, 0.25) is 0 Å². The number of hydrogen-bond acceptors (Lipinski definition) is 4. The first-order valence-corrected chi connectivity index (χ1v) is 7.68. The van der Waals surface area contributed by atoms with Crippen LogP contribution in [0.4, 0.5) is 8.78 Å². The van der Waals surface area contributed by atoms with Crippen LogP contribution in [0.1, 0.15) is 21.5 Å². The van der Waals surface area contributed by atoms with E-state index >= 15 is 0 Å². The van der Waals surface area contributed by atoms with E-state index < -0.39 is 18.4 Å². The van der Waals surface area contributed by atoms with Gasteiger partial charge in [0.15, 0.2) is 6.61 Å². The van der Waals surface area contributed by atoms with E-state index in [1.54, 1.807) is 12.1 Å². The van der Waals surface area contributed by atoms with Crippen LogP contribution in [-0.4, -0.2) is 25.0 Å². The van der Waals surface area contributed by atoms with Gasteiger partial charge in [0.1, 0.15) is 11.5 Å². The average molecular weight is 364 g/mol. The highest BCUT2D eigenvalue weighted by Crippen LogP contribution is 2.16. The van der Waals surface area contributed by atoms with E-state index in [0.29, 0.717) is 5.75 Å². The van der Waals surface area contributed by atoms with Gasteiger partial charge in [-0.1, -0.05) is 12.1 Å². The standard InChI is InChI=1S/C18H18F2N2O4/c1-11-6-12(2)8-15(7-11)25-10-16(23)21-22-17(24)13-4-3-5-14(9-13)26-18(19)20/h3-9,18H,10H2,1-2H3,(H,21,23)(H,22,24). The Morgan fingerprint density at radius 2 is 1.69 bits per heavy atom. The molecule has 0 radical (unpaired) electrons. The fourth-order valence-electron chi connectivity index (χ4n) is 2.21. The van der Waals surface area contributed by atoms with Gasteiger partial charge in [0.25, 0.3) is 11.8 Å². The number of hydrazine groups is 1. The zero-order valence-electron chi connectivity index (χ0n) is 14.2. The molecule has 0 heterocycles. The summed E-state index contributed by atoms with van der Waals surface area (Å²) in [5.74, 6) is -0.861. The Balaban J connectivity index is 1.84. The van der Waals surface area contributed by atoms with Crippen molar-refractivity contribution in [2.75, 3.05) is 6.61 Å². The molecule has 0 aromatic heterocycles. The number of aryl methyl sites for hydroxylation is 2. The van der Waals surface area contributed by atoms with Crippen molar-refractivity contribution in [1.82, 2.24) is 10.9 Å². The van der Waals surface area contributed by atoms with Crippen molar-refractivity contribution in [3.8, 4) is 11.5 Å². The number of benzene rings is 2. The topological polar surface area (TPSA) is 76.7 Å². The number of nitrogens with one attached hydrogen (secondary N) is 2. The van der Waals surface area contributed by atoms with Crippen molar-refractivity contribution in [2.24, 2.45) is 0 Å². The van der Waals surface area contributed by atoms with Crippen LogP contribution < -0.4 is 20.3 Å². The van der Waals surface area contributed by atoms with Gasteiger partial charge in [-0.05, 0) is 55.3 Å². The Hall–Kier alpha value is -3.16. The Labute approximate surface area is 149 Å². The SMILES string of the molecule is Cc1cc(C)cc(OCC(=O)NNC(=O)c2cccc(OC(F)F)c2)c1. The van der Waals surface area contributed by atoms with Crippen LogP contribution in [0.15, 0.2) is 42.5 Å². The van der Waals surface area contributed by atoms with E-state index in [4.69, 9.17) is 4.74 Å². The molecule has 2 aromatic rings. The Morgan fingerprint density at radius 3 is 2.35 bits per heavy atom. The highest BCUT2D eigenvalue weighted by Gasteiger charge is 2.11. The number of carbonyl (C=O) groups excluding carboxylic acids is 2. The molecule has 0 spiro atoms. The third kappa shape index (κ3) is 6.04. The first-order valence-electron chi connectivity index (χ1n) is 7.68. The highest BCUT2D eigenvalue weighted by molar-refractivity contribution is 5.95. The molecule has 0 saturated carbocycles. The Bertz CT molecular complexity index is 776. The zero-order chi connectivity index (χ0) is 19.1. The van der Waals surface area contributed by atoms with Crippen molar-refractivity contribution >= 4 is 11.8 Å². The van der Waals surface area contributed by atoms with E-state index in [1.165, 1.54) is 18.2 Å². The summed E-state index contributed by atoms with van der Waals surface area (Å²) in [5, 5.41) is 0. The van der Waals surface area contributed by atoms with Gasteiger partial charge in [0.05, 0.1) is 0 Å². The summed E-state index contributed by atoms with van der Waals surface area (Å²) in [6, 6.07) is 10.8. The summed E-state index contributed by atoms with van der Waals surface area (Å²) < 4.78 is 34.0. The normalized spacial score (nSPS) is 10.3. The van der Waals surface area contributed by atoms with Gasteiger partial charge in [-0.15, -0.1) is 0 Å². The fraction of sp³-hybridized carbons (Fsp3) is 0.222. The lowest BCUT2D eigenvalue weighted by Crippen LogP contribution is -2.43. The number of carbonyl (C=O) groups is 2. The van der Waals surface area contributed by atoms with Crippen LogP contribution in [0, 0.1) is 13.8 Å². The van der Waals surface area contributed by atoms with Crippen molar-refractivity contribution in [3.63, 3.8) is 0 Å². The van der Waals surface area contributed by atoms with Crippen molar-refractivity contribution in [1.29, 1.82) is 0 Å². The Morgan fingerprint density at radius 1 is 1.00 bits per heavy atom. The first kappa shape index (κ1) is 19.2. The third-order valence-electron chi connectivity index (χ3n) is 3.20. The molecular weight excluding hydrogens is 346 g/mol. The molecule has 0 bridgehead atoms. The van der Waals surface area contributed by atoms with Gasteiger partial charge in [-0.25, -0.2) is 0 Å². The predicted molar refractivity (Wildman–Crippen MR) is 90.1 cm³/mol. The summed E-state index contributed by atoms with van der Waals surface area (Å²) in [6.45, 7) is 0.533. The van der Waals surface area contributed by atoms with E-state index in [-0.39, 0.29) is 17.9 Å². The maximum absolute atomic E-state index is 12.2. The summed E-state index contributed by atoms with van der Waals surface area (Å²) in [6.07, 6.45) is 0. The molecule has 0 aliphatic carbocycles. The maximum atomic E-state index is 12.2. The largest absolute Gasteiger partial charge is 0.484 e.